The first kappa shape index (κ1) is 16.8. The molecular formula is C12H10BrCl2NO4. The number of hydrogen-bond donors (Lipinski definition) is 1. The molecule has 0 spiro atoms. The highest BCUT2D eigenvalue weighted by molar-refractivity contribution is 9.10. The molecule has 0 aliphatic heterocycles. The van der Waals surface area contributed by atoms with Gasteiger partial charge < -0.3 is 14.8 Å². The molecule has 0 unspecified atom stereocenters. The lowest BCUT2D eigenvalue weighted by molar-refractivity contribution is -0.138. The van der Waals surface area contributed by atoms with Crippen LogP contribution in [-0.2, 0) is 19.1 Å². The Bertz CT molecular complexity index is 575. The molecule has 0 radical (unpaired) electrons. The van der Waals surface area contributed by atoms with Gasteiger partial charge in [-0.05, 0) is 28.1 Å². The lowest BCUT2D eigenvalue weighted by Crippen LogP contribution is -2.15. The first-order valence-corrected chi connectivity index (χ1v) is 6.73. The van der Waals surface area contributed by atoms with Crippen LogP contribution in [0.3, 0.4) is 0 Å². The van der Waals surface area contributed by atoms with Crippen molar-refractivity contribution in [2.24, 2.45) is 0 Å². The highest BCUT2D eigenvalue weighted by atomic mass is 79.9. The van der Waals surface area contributed by atoms with Crippen LogP contribution in [-0.4, -0.2) is 26.2 Å². The normalized spacial score (nSPS) is 10.9. The monoisotopic (exact) mass is 381 g/mol. The SMILES string of the molecule is COC(=O)/C=C(/Nc1cc(Cl)cc(Br)c1Cl)C(=O)OC. The Hall–Kier alpha value is -1.24. The van der Waals surface area contributed by atoms with E-state index in [9.17, 15) is 9.59 Å². The molecule has 0 saturated carbocycles. The first-order chi connectivity index (χ1) is 9.38. The van der Waals surface area contributed by atoms with Gasteiger partial charge in [-0.1, -0.05) is 23.2 Å². The van der Waals surface area contributed by atoms with E-state index >= 15 is 0 Å². The molecular weight excluding hydrogens is 373 g/mol. The predicted molar refractivity (Wildman–Crippen MR) is 79.9 cm³/mol. The van der Waals surface area contributed by atoms with E-state index in [1.54, 1.807) is 6.07 Å². The van der Waals surface area contributed by atoms with Crippen molar-refractivity contribution in [3.8, 4) is 0 Å². The molecule has 20 heavy (non-hydrogen) atoms. The third-order valence-corrected chi connectivity index (χ3v) is 3.61. The van der Waals surface area contributed by atoms with E-state index in [0.717, 1.165) is 6.08 Å². The number of anilines is 1. The molecule has 0 amide bonds. The summed E-state index contributed by atoms with van der Waals surface area (Å²) in [7, 11) is 2.38. The second kappa shape index (κ2) is 7.52. The number of rotatable bonds is 4. The Morgan fingerprint density at radius 1 is 1.25 bits per heavy atom. The van der Waals surface area contributed by atoms with Crippen LogP contribution in [0.2, 0.25) is 10.0 Å². The Kier molecular flexibility index (Phi) is 6.32. The van der Waals surface area contributed by atoms with Gasteiger partial charge in [-0.3, -0.25) is 0 Å². The summed E-state index contributed by atoms with van der Waals surface area (Å²) in [5, 5.41) is 3.38. The van der Waals surface area contributed by atoms with Crippen molar-refractivity contribution in [1.82, 2.24) is 0 Å². The van der Waals surface area contributed by atoms with Crippen molar-refractivity contribution in [1.29, 1.82) is 0 Å². The van der Waals surface area contributed by atoms with Gasteiger partial charge >= 0.3 is 11.9 Å². The number of hydrogen-bond acceptors (Lipinski definition) is 5. The highest BCUT2D eigenvalue weighted by Gasteiger charge is 2.15. The van der Waals surface area contributed by atoms with Crippen molar-refractivity contribution < 1.29 is 19.1 Å². The number of halogens is 3. The molecule has 0 aliphatic rings. The van der Waals surface area contributed by atoms with Crippen LogP contribution in [0.1, 0.15) is 0 Å². The van der Waals surface area contributed by atoms with Crippen LogP contribution in [0.5, 0.6) is 0 Å². The number of benzene rings is 1. The third-order valence-electron chi connectivity index (χ3n) is 2.13. The van der Waals surface area contributed by atoms with Crippen LogP contribution in [0.15, 0.2) is 28.4 Å². The van der Waals surface area contributed by atoms with Gasteiger partial charge in [-0.2, -0.15) is 0 Å². The van der Waals surface area contributed by atoms with E-state index in [4.69, 9.17) is 23.2 Å². The minimum Gasteiger partial charge on any atom is -0.466 e. The molecule has 0 heterocycles. The summed E-state index contributed by atoms with van der Waals surface area (Å²) in [5.74, 6) is -1.46. The van der Waals surface area contributed by atoms with E-state index < -0.39 is 11.9 Å². The fraction of sp³-hybridized carbons (Fsp3) is 0.167. The lowest BCUT2D eigenvalue weighted by atomic mass is 10.3. The van der Waals surface area contributed by atoms with E-state index in [-0.39, 0.29) is 5.70 Å². The minimum absolute atomic E-state index is 0.129. The van der Waals surface area contributed by atoms with Gasteiger partial charge in [-0.15, -0.1) is 0 Å². The number of nitrogens with one attached hydrogen (secondary N) is 1. The molecule has 1 rings (SSSR count). The smallest absolute Gasteiger partial charge is 0.354 e. The fourth-order valence-corrected chi connectivity index (χ4v) is 2.19. The molecule has 8 heteroatoms. The van der Waals surface area contributed by atoms with Crippen molar-refractivity contribution in [3.63, 3.8) is 0 Å². The Morgan fingerprint density at radius 2 is 1.90 bits per heavy atom. The number of esters is 2. The highest BCUT2D eigenvalue weighted by Crippen LogP contribution is 2.34. The molecule has 0 atom stereocenters. The second-order valence-electron chi connectivity index (χ2n) is 3.45. The number of methoxy groups -OCH3 is 2. The Labute approximate surface area is 134 Å². The molecule has 0 bridgehead atoms. The quantitative estimate of drug-likeness (QED) is 0.491. The maximum atomic E-state index is 11.6. The van der Waals surface area contributed by atoms with E-state index in [1.165, 1.54) is 20.3 Å². The van der Waals surface area contributed by atoms with Gasteiger partial charge in [-0.25, -0.2) is 9.59 Å². The zero-order chi connectivity index (χ0) is 15.3. The van der Waals surface area contributed by atoms with Gasteiger partial charge in [0.1, 0.15) is 5.70 Å². The minimum atomic E-state index is -0.748. The number of carbonyl (C=O) groups is 2. The van der Waals surface area contributed by atoms with Crippen LogP contribution in [0, 0.1) is 0 Å². The average molecular weight is 383 g/mol. The zero-order valence-electron chi connectivity index (χ0n) is 10.5. The topological polar surface area (TPSA) is 64.6 Å². The molecule has 108 valence electrons. The zero-order valence-corrected chi connectivity index (χ0v) is 13.6. The average Bonchev–Trinajstić information content (AvgIpc) is 2.42. The Balaban J connectivity index is 3.17. The van der Waals surface area contributed by atoms with Gasteiger partial charge in [0.25, 0.3) is 0 Å². The molecule has 1 aromatic carbocycles. The first-order valence-electron chi connectivity index (χ1n) is 5.18. The van der Waals surface area contributed by atoms with E-state index in [1.807, 2.05) is 0 Å². The van der Waals surface area contributed by atoms with Crippen LogP contribution >= 0.6 is 39.1 Å². The van der Waals surface area contributed by atoms with Crippen LogP contribution in [0.25, 0.3) is 0 Å². The summed E-state index contributed by atoms with van der Waals surface area (Å²) < 4.78 is 9.56. The Morgan fingerprint density at radius 3 is 2.45 bits per heavy atom. The summed E-state index contributed by atoms with van der Waals surface area (Å²) in [5.41, 5.74) is 0.210. The third kappa shape index (κ3) is 4.40. The van der Waals surface area contributed by atoms with Crippen molar-refractivity contribution >= 4 is 56.8 Å². The number of ether oxygens (including phenoxy) is 2. The summed E-state index contributed by atoms with van der Waals surface area (Å²) in [6, 6.07) is 3.10. The summed E-state index contributed by atoms with van der Waals surface area (Å²) in [6.07, 6.45) is 0.955. The summed E-state index contributed by atoms with van der Waals surface area (Å²) in [4.78, 5) is 22.8. The standard InChI is InChI=1S/C12H10BrCl2NO4/c1-19-10(17)5-9(12(18)20-2)16-8-4-6(14)3-7(13)11(8)15/h3-5,16H,1-2H3/b9-5+. The maximum absolute atomic E-state index is 11.6. The maximum Gasteiger partial charge on any atom is 0.354 e. The van der Waals surface area contributed by atoms with Crippen molar-refractivity contribution in [3.05, 3.63) is 38.4 Å². The lowest BCUT2D eigenvalue weighted by Gasteiger charge is -2.12. The number of carbonyl (C=O) groups excluding carboxylic acids is 2. The van der Waals surface area contributed by atoms with Crippen molar-refractivity contribution in [2.45, 2.75) is 0 Å². The van der Waals surface area contributed by atoms with E-state index in [0.29, 0.717) is 20.2 Å². The van der Waals surface area contributed by atoms with Gasteiger partial charge in [0, 0.05) is 9.50 Å². The molecule has 0 saturated heterocycles. The molecule has 5 nitrogen and oxygen atoms in total. The molecule has 0 aliphatic carbocycles. The van der Waals surface area contributed by atoms with E-state index in [2.05, 4.69) is 30.7 Å². The largest absolute Gasteiger partial charge is 0.466 e. The summed E-state index contributed by atoms with van der Waals surface area (Å²) in [6.45, 7) is 0. The van der Waals surface area contributed by atoms with Crippen LogP contribution < -0.4 is 5.32 Å². The van der Waals surface area contributed by atoms with Crippen molar-refractivity contribution in [2.75, 3.05) is 19.5 Å². The van der Waals surface area contributed by atoms with Gasteiger partial charge in [0.05, 0.1) is 31.0 Å². The molecule has 0 aromatic heterocycles. The van der Waals surface area contributed by atoms with Gasteiger partial charge in [0.15, 0.2) is 0 Å². The van der Waals surface area contributed by atoms with Crippen LogP contribution in [0.4, 0.5) is 5.69 Å². The predicted octanol–water partition coefficient (Wildman–Crippen LogP) is 3.40. The molecule has 1 aromatic rings. The van der Waals surface area contributed by atoms with Gasteiger partial charge in [0.2, 0.25) is 0 Å². The second-order valence-corrected chi connectivity index (χ2v) is 5.12. The fourth-order valence-electron chi connectivity index (χ4n) is 1.22. The molecule has 1 N–H and O–H groups in total. The summed E-state index contributed by atoms with van der Waals surface area (Å²) >= 11 is 15.2. The molecule has 0 fully saturated rings.